The predicted molar refractivity (Wildman–Crippen MR) is 46.6 cm³/mol. The maximum Gasteiger partial charge on any atom is 0.305 e. The molecule has 1 aromatic rings. The molecule has 0 saturated heterocycles. The minimum atomic E-state index is -0.267. The molecular weight excluding hydrogens is 194 g/mol. The summed E-state index contributed by atoms with van der Waals surface area (Å²) in [6.07, 6.45) is 0.791. The second-order valence-electron chi connectivity index (χ2n) is 2.60. The zero-order chi connectivity index (χ0) is 9.84. The smallest absolute Gasteiger partial charge is 0.305 e. The van der Waals surface area contributed by atoms with Crippen LogP contribution in [0.25, 0.3) is 0 Å². The molecule has 0 aliphatic rings. The molecule has 0 N–H and O–H groups in total. The molecule has 0 atom stereocenters. The zero-order valence-electron chi connectivity index (χ0n) is 7.46. The molecule has 0 unspecified atom stereocenters. The summed E-state index contributed by atoms with van der Waals surface area (Å²) in [6.45, 7) is 1.78. The van der Waals surface area contributed by atoms with E-state index in [-0.39, 0.29) is 17.6 Å². The van der Waals surface area contributed by atoms with Gasteiger partial charge in [0, 0.05) is 12.0 Å². The summed E-state index contributed by atoms with van der Waals surface area (Å²) < 4.78 is 9.22. The minimum absolute atomic E-state index is 0.251. The summed E-state index contributed by atoms with van der Waals surface area (Å²) in [7, 11) is 1.35. The highest BCUT2D eigenvalue weighted by molar-refractivity contribution is 6.29. The van der Waals surface area contributed by atoms with Gasteiger partial charge >= 0.3 is 5.97 Å². The van der Waals surface area contributed by atoms with E-state index in [0.717, 1.165) is 5.56 Å². The first-order valence-electron chi connectivity index (χ1n) is 3.82. The van der Waals surface area contributed by atoms with Gasteiger partial charge in [0.1, 0.15) is 0 Å². The first-order chi connectivity index (χ1) is 6.15. The SMILES string of the molecule is COC(=O)CCc1c(C)noc1Cl. The van der Waals surface area contributed by atoms with Gasteiger partial charge in [-0.05, 0) is 24.9 Å². The fourth-order valence-electron chi connectivity index (χ4n) is 0.969. The van der Waals surface area contributed by atoms with Crippen LogP contribution in [0.5, 0.6) is 0 Å². The zero-order valence-corrected chi connectivity index (χ0v) is 8.22. The highest BCUT2D eigenvalue weighted by Gasteiger charge is 2.12. The Labute approximate surface area is 80.8 Å². The number of hydrogen-bond donors (Lipinski definition) is 0. The number of aromatic nitrogens is 1. The standard InChI is InChI=1S/C8H10ClNO3/c1-5-6(8(9)13-10-5)3-4-7(11)12-2/h3-4H2,1-2H3. The molecule has 1 heterocycles. The van der Waals surface area contributed by atoms with Crippen LogP contribution in [0.1, 0.15) is 17.7 Å². The van der Waals surface area contributed by atoms with Gasteiger partial charge in [-0.25, -0.2) is 0 Å². The number of esters is 1. The number of rotatable bonds is 3. The van der Waals surface area contributed by atoms with Crippen molar-refractivity contribution in [3.8, 4) is 0 Å². The van der Waals surface area contributed by atoms with E-state index < -0.39 is 0 Å². The van der Waals surface area contributed by atoms with E-state index in [2.05, 4.69) is 9.89 Å². The molecule has 1 rings (SSSR count). The highest BCUT2D eigenvalue weighted by atomic mass is 35.5. The van der Waals surface area contributed by atoms with Gasteiger partial charge in [0.2, 0.25) is 5.22 Å². The Morgan fingerprint density at radius 1 is 1.69 bits per heavy atom. The first kappa shape index (κ1) is 10.1. The Balaban J connectivity index is 2.58. The van der Waals surface area contributed by atoms with Crippen molar-refractivity contribution in [2.75, 3.05) is 7.11 Å². The molecule has 0 bridgehead atoms. The minimum Gasteiger partial charge on any atom is -0.469 e. The van der Waals surface area contributed by atoms with Gasteiger partial charge in [-0.2, -0.15) is 0 Å². The number of carbonyl (C=O) groups excluding carboxylic acids is 1. The average molecular weight is 204 g/mol. The number of ether oxygens (including phenoxy) is 1. The number of carbonyl (C=O) groups is 1. The van der Waals surface area contributed by atoms with Crippen molar-refractivity contribution in [1.29, 1.82) is 0 Å². The van der Waals surface area contributed by atoms with Crippen LogP contribution in [0.2, 0.25) is 5.22 Å². The summed E-state index contributed by atoms with van der Waals surface area (Å²) in [5.41, 5.74) is 1.49. The van der Waals surface area contributed by atoms with Crippen molar-refractivity contribution >= 4 is 17.6 Å². The fraction of sp³-hybridized carbons (Fsp3) is 0.500. The molecule has 0 spiro atoms. The third-order valence-electron chi connectivity index (χ3n) is 1.74. The van der Waals surface area contributed by atoms with E-state index in [1.54, 1.807) is 6.92 Å². The van der Waals surface area contributed by atoms with Crippen LogP contribution in [-0.2, 0) is 16.0 Å². The molecule has 13 heavy (non-hydrogen) atoms. The van der Waals surface area contributed by atoms with Crippen LogP contribution < -0.4 is 0 Å². The summed E-state index contributed by atoms with van der Waals surface area (Å²) in [6, 6.07) is 0. The van der Waals surface area contributed by atoms with Crippen molar-refractivity contribution < 1.29 is 14.1 Å². The summed E-state index contributed by atoms with van der Waals surface area (Å²) in [5.74, 6) is -0.267. The Hall–Kier alpha value is -1.03. The molecule has 0 aliphatic heterocycles. The molecule has 5 heteroatoms. The molecule has 0 saturated carbocycles. The van der Waals surface area contributed by atoms with Crippen molar-refractivity contribution in [1.82, 2.24) is 5.16 Å². The highest BCUT2D eigenvalue weighted by Crippen LogP contribution is 2.20. The monoisotopic (exact) mass is 203 g/mol. The van der Waals surface area contributed by atoms with Crippen LogP contribution in [0, 0.1) is 6.92 Å². The van der Waals surface area contributed by atoms with E-state index in [9.17, 15) is 4.79 Å². The maximum absolute atomic E-state index is 10.8. The lowest BCUT2D eigenvalue weighted by Gasteiger charge is -1.97. The summed E-state index contributed by atoms with van der Waals surface area (Å²) in [5, 5.41) is 3.91. The average Bonchev–Trinajstić information content (AvgIpc) is 2.43. The first-order valence-corrected chi connectivity index (χ1v) is 4.20. The van der Waals surface area contributed by atoms with Crippen molar-refractivity contribution in [2.24, 2.45) is 0 Å². The summed E-state index contributed by atoms with van der Waals surface area (Å²) in [4.78, 5) is 10.8. The Bertz CT molecular complexity index is 289. The lowest BCUT2D eigenvalue weighted by atomic mass is 10.1. The summed E-state index contributed by atoms with van der Waals surface area (Å²) >= 11 is 5.69. The van der Waals surface area contributed by atoms with Crippen LogP contribution in [0.4, 0.5) is 0 Å². The third-order valence-corrected chi connectivity index (χ3v) is 2.04. The van der Waals surface area contributed by atoms with Crippen molar-refractivity contribution in [2.45, 2.75) is 19.8 Å². The van der Waals surface area contributed by atoms with Gasteiger partial charge in [-0.3, -0.25) is 4.79 Å². The van der Waals surface area contributed by atoms with E-state index in [1.807, 2.05) is 0 Å². The van der Waals surface area contributed by atoms with Crippen LogP contribution in [0.3, 0.4) is 0 Å². The third kappa shape index (κ3) is 2.45. The molecule has 0 radical (unpaired) electrons. The molecule has 1 aromatic heterocycles. The number of halogens is 1. The predicted octanol–water partition coefficient (Wildman–Crippen LogP) is 1.74. The van der Waals surface area contributed by atoms with Crippen LogP contribution in [0.15, 0.2) is 4.52 Å². The molecule has 0 fully saturated rings. The van der Waals surface area contributed by atoms with E-state index in [1.165, 1.54) is 7.11 Å². The normalized spacial score (nSPS) is 10.1. The van der Waals surface area contributed by atoms with Crippen molar-refractivity contribution in [3.63, 3.8) is 0 Å². The van der Waals surface area contributed by atoms with E-state index >= 15 is 0 Å². The second kappa shape index (κ2) is 4.28. The van der Waals surface area contributed by atoms with Gasteiger partial charge in [0.05, 0.1) is 12.8 Å². The quantitative estimate of drug-likeness (QED) is 0.703. The Morgan fingerprint density at radius 3 is 2.85 bits per heavy atom. The topological polar surface area (TPSA) is 52.3 Å². The largest absolute Gasteiger partial charge is 0.469 e. The lowest BCUT2D eigenvalue weighted by molar-refractivity contribution is -0.140. The molecule has 0 aromatic carbocycles. The van der Waals surface area contributed by atoms with Gasteiger partial charge < -0.3 is 9.26 Å². The van der Waals surface area contributed by atoms with Gasteiger partial charge in [-0.1, -0.05) is 5.16 Å². The van der Waals surface area contributed by atoms with Crippen LogP contribution >= 0.6 is 11.6 Å². The second-order valence-corrected chi connectivity index (χ2v) is 2.94. The number of nitrogens with zero attached hydrogens (tertiary/aromatic N) is 1. The van der Waals surface area contributed by atoms with Gasteiger partial charge in [0.25, 0.3) is 0 Å². The van der Waals surface area contributed by atoms with Gasteiger partial charge in [0.15, 0.2) is 0 Å². The number of aryl methyl sites for hydroxylation is 1. The number of hydrogen-bond acceptors (Lipinski definition) is 4. The molecule has 0 amide bonds. The van der Waals surface area contributed by atoms with E-state index in [4.69, 9.17) is 16.1 Å². The molecule has 72 valence electrons. The van der Waals surface area contributed by atoms with Crippen molar-refractivity contribution in [3.05, 3.63) is 16.5 Å². The fourth-order valence-corrected chi connectivity index (χ4v) is 1.24. The van der Waals surface area contributed by atoms with E-state index in [0.29, 0.717) is 12.1 Å². The number of methoxy groups -OCH3 is 1. The molecule has 4 nitrogen and oxygen atoms in total. The van der Waals surface area contributed by atoms with Gasteiger partial charge in [-0.15, -0.1) is 0 Å². The molecular formula is C8H10ClNO3. The maximum atomic E-state index is 10.8. The molecule has 0 aliphatic carbocycles. The lowest BCUT2D eigenvalue weighted by Crippen LogP contribution is -2.02. The van der Waals surface area contributed by atoms with Crippen LogP contribution in [-0.4, -0.2) is 18.2 Å². The Morgan fingerprint density at radius 2 is 2.38 bits per heavy atom. The Kier molecular flexibility index (Phi) is 3.31.